The van der Waals surface area contributed by atoms with E-state index in [0.29, 0.717) is 38.4 Å². The Morgan fingerprint density at radius 2 is 2.03 bits per heavy atom. The van der Waals surface area contributed by atoms with Gasteiger partial charge in [0, 0.05) is 45.5 Å². The predicted octanol–water partition coefficient (Wildman–Crippen LogP) is 1.41. The molecule has 1 aromatic heterocycles. The number of carbonyl (C=O) groups is 2. The van der Waals surface area contributed by atoms with E-state index in [9.17, 15) is 9.59 Å². The lowest BCUT2D eigenvalue weighted by Crippen LogP contribution is -2.49. The average molecular weight is 405 g/mol. The molecule has 0 N–H and O–H groups in total. The molecule has 0 aromatic carbocycles. The smallest absolute Gasteiger partial charge is 0.339 e. The van der Waals surface area contributed by atoms with Gasteiger partial charge in [-0.15, -0.1) is 0 Å². The summed E-state index contributed by atoms with van der Waals surface area (Å²) in [5.74, 6) is 0.697. The van der Waals surface area contributed by atoms with Crippen LogP contribution in [-0.4, -0.2) is 91.8 Å². The second-order valence-corrected chi connectivity index (χ2v) is 7.48. The zero-order valence-electron chi connectivity index (χ0n) is 17.5. The molecule has 2 saturated heterocycles. The van der Waals surface area contributed by atoms with Crippen molar-refractivity contribution >= 4 is 17.7 Å². The van der Waals surface area contributed by atoms with Gasteiger partial charge in [0.1, 0.15) is 5.82 Å². The van der Waals surface area contributed by atoms with Gasteiger partial charge in [-0.05, 0) is 31.9 Å². The van der Waals surface area contributed by atoms with E-state index in [1.807, 2.05) is 11.0 Å². The first kappa shape index (κ1) is 21.5. The number of anilines is 1. The fourth-order valence-corrected chi connectivity index (χ4v) is 3.75. The molecule has 3 heterocycles. The molecule has 2 aliphatic heterocycles. The van der Waals surface area contributed by atoms with Crippen molar-refractivity contribution in [3.63, 3.8) is 0 Å². The molecule has 0 saturated carbocycles. The summed E-state index contributed by atoms with van der Waals surface area (Å²) < 4.78 is 10.7. The molecule has 1 atom stereocenters. The number of aromatic nitrogens is 1. The maximum Gasteiger partial charge on any atom is 0.339 e. The summed E-state index contributed by atoms with van der Waals surface area (Å²) in [6.45, 7) is 10.1. The highest BCUT2D eigenvalue weighted by atomic mass is 16.5. The van der Waals surface area contributed by atoms with Crippen LogP contribution in [0.4, 0.5) is 5.82 Å². The van der Waals surface area contributed by atoms with Crippen LogP contribution in [0.1, 0.15) is 37.0 Å². The van der Waals surface area contributed by atoms with Gasteiger partial charge in [-0.1, -0.05) is 6.92 Å². The zero-order chi connectivity index (χ0) is 20.6. The number of hydrogen-bond donors (Lipinski definition) is 0. The van der Waals surface area contributed by atoms with Crippen molar-refractivity contribution in [2.45, 2.75) is 32.8 Å². The number of carbonyl (C=O) groups excluding carboxylic acids is 2. The number of nitrogens with zero attached hydrogens (tertiary/aromatic N) is 4. The zero-order valence-corrected chi connectivity index (χ0v) is 17.5. The van der Waals surface area contributed by atoms with E-state index in [1.54, 1.807) is 19.2 Å². The fraction of sp³-hybridized carbons (Fsp3) is 0.667. The maximum absolute atomic E-state index is 12.7. The van der Waals surface area contributed by atoms with Crippen molar-refractivity contribution in [3.8, 4) is 0 Å². The number of pyridine rings is 1. The van der Waals surface area contributed by atoms with Gasteiger partial charge in [0.15, 0.2) is 0 Å². The Labute approximate surface area is 172 Å². The summed E-state index contributed by atoms with van der Waals surface area (Å²) in [6, 6.07) is 3.63. The molecule has 1 unspecified atom stereocenters. The van der Waals surface area contributed by atoms with Gasteiger partial charge in [-0.2, -0.15) is 0 Å². The number of morpholine rings is 1. The minimum Gasteiger partial charge on any atom is -0.462 e. The molecular formula is C21H32N4O4. The molecule has 2 aliphatic rings. The van der Waals surface area contributed by atoms with E-state index < -0.39 is 0 Å². The van der Waals surface area contributed by atoms with E-state index in [2.05, 4.69) is 21.7 Å². The van der Waals surface area contributed by atoms with Crippen molar-refractivity contribution in [2.75, 3.05) is 63.9 Å². The van der Waals surface area contributed by atoms with Gasteiger partial charge in [-0.3, -0.25) is 9.69 Å². The van der Waals surface area contributed by atoms with Crippen LogP contribution >= 0.6 is 0 Å². The Bertz CT molecular complexity index is 682. The molecule has 2 fully saturated rings. The van der Waals surface area contributed by atoms with Crippen molar-refractivity contribution in [1.82, 2.24) is 14.8 Å². The first-order valence-electron chi connectivity index (χ1n) is 10.6. The largest absolute Gasteiger partial charge is 0.462 e. The quantitative estimate of drug-likeness (QED) is 0.664. The highest BCUT2D eigenvalue weighted by molar-refractivity contribution is 5.89. The molecule has 1 amide bonds. The molecule has 1 aromatic rings. The predicted molar refractivity (Wildman–Crippen MR) is 110 cm³/mol. The van der Waals surface area contributed by atoms with E-state index in [1.165, 1.54) is 0 Å². The van der Waals surface area contributed by atoms with Gasteiger partial charge in [0.05, 0.1) is 31.4 Å². The van der Waals surface area contributed by atoms with Crippen LogP contribution in [0.15, 0.2) is 18.3 Å². The molecule has 29 heavy (non-hydrogen) atoms. The summed E-state index contributed by atoms with van der Waals surface area (Å²) in [5.41, 5.74) is 0.466. The van der Waals surface area contributed by atoms with Gasteiger partial charge < -0.3 is 19.3 Å². The summed E-state index contributed by atoms with van der Waals surface area (Å²) in [7, 11) is 0. The Hall–Kier alpha value is -2.19. The summed E-state index contributed by atoms with van der Waals surface area (Å²) in [6.07, 6.45) is 3.64. The summed E-state index contributed by atoms with van der Waals surface area (Å²) >= 11 is 0. The van der Waals surface area contributed by atoms with Crippen molar-refractivity contribution in [1.29, 1.82) is 0 Å². The lowest BCUT2D eigenvalue weighted by Gasteiger charge is -2.34. The molecule has 0 spiro atoms. The van der Waals surface area contributed by atoms with E-state index in [0.717, 1.165) is 44.8 Å². The Balaban J connectivity index is 1.51. The lowest BCUT2D eigenvalue weighted by atomic mass is 10.2. The van der Waals surface area contributed by atoms with Crippen LogP contribution in [-0.2, 0) is 14.3 Å². The van der Waals surface area contributed by atoms with Crippen molar-refractivity contribution < 1.29 is 19.1 Å². The van der Waals surface area contributed by atoms with Crippen LogP contribution in [0.3, 0.4) is 0 Å². The van der Waals surface area contributed by atoms with Crippen molar-refractivity contribution in [3.05, 3.63) is 23.9 Å². The fourth-order valence-electron chi connectivity index (χ4n) is 3.75. The molecule has 160 valence electrons. The molecule has 8 nitrogen and oxygen atoms in total. The minimum atomic E-state index is -0.347. The summed E-state index contributed by atoms with van der Waals surface area (Å²) in [5, 5.41) is 0. The van der Waals surface area contributed by atoms with Gasteiger partial charge in [0.25, 0.3) is 0 Å². The van der Waals surface area contributed by atoms with Crippen LogP contribution in [0, 0.1) is 0 Å². The third kappa shape index (κ3) is 5.90. The highest BCUT2D eigenvalue weighted by Crippen LogP contribution is 2.15. The maximum atomic E-state index is 12.7. The molecule has 0 aliphatic carbocycles. The van der Waals surface area contributed by atoms with Gasteiger partial charge in [0.2, 0.25) is 5.91 Å². The number of hydrogen-bond acceptors (Lipinski definition) is 7. The molecule has 8 heteroatoms. The Kier molecular flexibility index (Phi) is 7.83. The highest BCUT2D eigenvalue weighted by Gasteiger charge is 2.25. The first-order valence-corrected chi connectivity index (χ1v) is 10.6. The van der Waals surface area contributed by atoms with E-state index >= 15 is 0 Å². The average Bonchev–Trinajstić information content (AvgIpc) is 2.99. The number of rotatable bonds is 6. The SMILES string of the molecule is CCOC(=O)c1ccc(N2CCCN(CC(=O)N3CCOC(CC)C3)CC2)nc1. The Morgan fingerprint density at radius 1 is 1.17 bits per heavy atom. The molecule has 3 rings (SSSR count). The van der Waals surface area contributed by atoms with E-state index in [-0.39, 0.29) is 18.0 Å². The lowest BCUT2D eigenvalue weighted by molar-refractivity contribution is -0.140. The van der Waals surface area contributed by atoms with Crippen LogP contribution in [0.25, 0.3) is 0 Å². The van der Waals surface area contributed by atoms with Crippen molar-refractivity contribution in [2.24, 2.45) is 0 Å². The second kappa shape index (κ2) is 10.5. The topological polar surface area (TPSA) is 75.2 Å². The van der Waals surface area contributed by atoms with Crippen LogP contribution in [0.2, 0.25) is 0 Å². The van der Waals surface area contributed by atoms with Gasteiger partial charge in [-0.25, -0.2) is 9.78 Å². The standard InChI is InChI=1S/C21H32N4O4/c1-3-18-15-25(12-13-29-18)20(26)16-23-8-5-9-24(11-10-23)19-7-6-17(14-22-19)21(27)28-4-2/h6-7,14,18H,3-5,8-13,15-16H2,1-2H3. The number of esters is 1. The van der Waals surface area contributed by atoms with Crippen LogP contribution < -0.4 is 4.90 Å². The first-order chi connectivity index (χ1) is 14.1. The third-order valence-electron chi connectivity index (χ3n) is 5.48. The summed E-state index contributed by atoms with van der Waals surface area (Å²) in [4.78, 5) is 35.3. The molecule has 0 bridgehead atoms. The monoisotopic (exact) mass is 404 g/mol. The number of ether oxygens (including phenoxy) is 2. The third-order valence-corrected chi connectivity index (χ3v) is 5.48. The number of amides is 1. The Morgan fingerprint density at radius 3 is 2.76 bits per heavy atom. The normalized spacial score (nSPS) is 21.0. The minimum absolute atomic E-state index is 0.163. The molecule has 0 radical (unpaired) electrons. The van der Waals surface area contributed by atoms with E-state index in [4.69, 9.17) is 9.47 Å². The second-order valence-electron chi connectivity index (χ2n) is 7.48. The molecular weight excluding hydrogens is 372 g/mol. The van der Waals surface area contributed by atoms with Crippen LogP contribution in [0.5, 0.6) is 0 Å². The van der Waals surface area contributed by atoms with Gasteiger partial charge >= 0.3 is 5.97 Å².